The van der Waals surface area contributed by atoms with Crippen LogP contribution in [0.15, 0.2) is 97.1 Å². The highest BCUT2D eigenvalue weighted by Crippen LogP contribution is 2.22. The maximum absolute atomic E-state index is 12.9. The average molecular weight is 407 g/mol. The van der Waals surface area contributed by atoms with Crippen molar-refractivity contribution in [1.29, 1.82) is 0 Å². The second-order valence-corrected chi connectivity index (χ2v) is 7.36. The molecule has 4 rings (SSSR count). The van der Waals surface area contributed by atoms with Crippen molar-refractivity contribution >= 4 is 35.4 Å². The molecule has 31 heavy (non-hydrogen) atoms. The molecule has 5 nitrogen and oxygen atoms in total. The molecule has 3 aromatic carbocycles. The van der Waals surface area contributed by atoms with Crippen molar-refractivity contribution in [2.45, 2.75) is 6.42 Å². The Kier molecular flexibility index (Phi) is 5.99. The molecule has 0 unspecified atom stereocenters. The lowest BCUT2D eigenvalue weighted by atomic mass is 9.55. The Hall–Kier alpha value is -4.06. The van der Waals surface area contributed by atoms with E-state index >= 15 is 0 Å². The predicted octanol–water partition coefficient (Wildman–Crippen LogP) is 3.09. The lowest BCUT2D eigenvalue weighted by molar-refractivity contribution is -0.115. The Bertz CT molecular complexity index is 1160. The fourth-order valence-corrected chi connectivity index (χ4v) is 3.48. The van der Waals surface area contributed by atoms with Crippen LogP contribution >= 0.6 is 0 Å². The molecule has 0 spiro atoms. The molecule has 0 bridgehead atoms. The first-order valence-electron chi connectivity index (χ1n) is 10.1. The molecule has 0 radical (unpaired) electrons. The van der Waals surface area contributed by atoms with E-state index in [1.54, 1.807) is 42.5 Å². The number of anilines is 2. The number of nitrogens with two attached hydrogens (primary N) is 1. The van der Waals surface area contributed by atoms with Crippen LogP contribution < -0.4 is 21.7 Å². The van der Waals surface area contributed by atoms with E-state index in [0.29, 0.717) is 22.5 Å². The molecule has 0 aliphatic carbocycles. The SMILES string of the molecule is Nc1ccc(NC(=O)Cc2ccc(B3C=CC=CN3)cc2)c(C(=O)c2ccccc2)c1. The molecule has 1 aliphatic heterocycles. The molecule has 0 aromatic heterocycles. The monoisotopic (exact) mass is 407 g/mol. The molecule has 4 N–H and O–H groups in total. The third-order valence-corrected chi connectivity index (χ3v) is 5.09. The van der Waals surface area contributed by atoms with Gasteiger partial charge < -0.3 is 16.3 Å². The van der Waals surface area contributed by atoms with Crippen LogP contribution in [0, 0.1) is 0 Å². The number of carbonyl (C=O) groups is 2. The third-order valence-electron chi connectivity index (χ3n) is 5.09. The summed E-state index contributed by atoms with van der Waals surface area (Å²) in [5.74, 6) is 1.70. The topological polar surface area (TPSA) is 84.2 Å². The van der Waals surface area contributed by atoms with Gasteiger partial charge in [-0.1, -0.05) is 72.1 Å². The number of nitrogen functional groups attached to an aromatic ring is 1. The van der Waals surface area contributed by atoms with Crippen LogP contribution in [0.1, 0.15) is 21.5 Å². The highest BCUT2D eigenvalue weighted by molar-refractivity contribution is 6.76. The van der Waals surface area contributed by atoms with Gasteiger partial charge in [0.2, 0.25) is 5.91 Å². The minimum Gasteiger partial charge on any atom is -0.427 e. The molecular formula is C25H22BN3O2. The third kappa shape index (κ3) is 4.93. The van der Waals surface area contributed by atoms with Crippen LogP contribution in [0.3, 0.4) is 0 Å². The van der Waals surface area contributed by atoms with Crippen molar-refractivity contribution in [3.8, 4) is 0 Å². The lowest BCUT2D eigenvalue weighted by Crippen LogP contribution is -2.41. The summed E-state index contributed by atoms with van der Waals surface area (Å²) >= 11 is 0. The predicted molar refractivity (Wildman–Crippen MR) is 126 cm³/mol. The molecule has 0 fully saturated rings. The highest BCUT2D eigenvalue weighted by atomic mass is 16.1. The Morgan fingerprint density at radius 1 is 0.935 bits per heavy atom. The van der Waals surface area contributed by atoms with E-state index in [9.17, 15) is 9.59 Å². The molecule has 1 aliphatic rings. The van der Waals surface area contributed by atoms with Gasteiger partial charge in [0.15, 0.2) is 5.78 Å². The zero-order valence-corrected chi connectivity index (χ0v) is 16.9. The summed E-state index contributed by atoms with van der Waals surface area (Å²) in [5, 5.41) is 6.14. The number of carbonyl (C=O) groups excluding carboxylic acids is 2. The summed E-state index contributed by atoms with van der Waals surface area (Å²) < 4.78 is 0. The molecule has 152 valence electrons. The average Bonchev–Trinajstić information content (AvgIpc) is 2.81. The van der Waals surface area contributed by atoms with Crippen molar-refractivity contribution in [3.05, 3.63) is 114 Å². The van der Waals surface area contributed by atoms with E-state index < -0.39 is 0 Å². The summed E-state index contributed by atoms with van der Waals surface area (Å²) in [4.78, 5) is 25.6. The minimum absolute atomic E-state index is 0.134. The van der Waals surface area contributed by atoms with Crippen LogP contribution in [0.4, 0.5) is 11.4 Å². The maximum Gasteiger partial charge on any atom is 0.312 e. The lowest BCUT2D eigenvalue weighted by Gasteiger charge is -2.13. The van der Waals surface area contributed by atoms with Crippen molar-refractivity contribution in [1.82, 2.24) is 5.23 Å². The Labute approximate surface area is 181 Å². The smallest absolute Gasteiger partial charge is 0.312 e. The van der Waals surface area contributed by atoms with Gasteiger partial charge in [0.1, 0.15) is 0 Å². The number of rotatable bonds is 6. The summed E-state index contributed by atoms with van der Waals surface area (Å²) in [6, 6.07) is 21.8. The standard InChI is InChI=1S/C25H22BN3O2/c27-21-12-13-23(22(17-21)25(31)19-6-2-1-3-7-19)29-24(30)16-18-8-10-20(11-9-18)26-14-4-5-15-28-26/h1-15,17,28H,16,27H2,(H,29,30). The number of ketones is 1. The van der Waals surface area contributed by atoms with Crippen LogP contribution in [0.25, 0.3) is 0 Å². The van der Waals surface area contributed by atoms with E-state index in [2.05, 4.69) is 16.5 Å². The van der Waals surface area contributed by atoms with Crippen LogP contribution in [-0.2, 0) is 11.2 Å². The van der Waals surface area contributed by atoms with Crippen molar-refractivity contribution < 1.29 is 9.59 Å². The maximum atomic E-state index is 12.9. The molecule has 6 heteroatoms. The van der Waals surface area contributed by atoms with E-state index in [4.69, 9.17) is 5.73 Å². The highest BCUT2D eigenvalue weighted by Gasteiger charge is 2.17. The van der Waals surface area contributed by atoms with Crippen molar-refractivity contribution in [2.24, 2.45) is 0 Å². The quantitative estimate of drug-likeness (QED) is 0.333. The molecule has 1 heterocycles. The number of amides is 1. The van der Waals surface area contributed by atoms with Gasteiger partial charge in [-0.15, -0.1) is 0 Å². The fourth-order valence-electron chi connectivity index (χ4n) is 3.48. The van der Waals surface area contributed by atoms with Gasteiger partial charge in [0, 0.05) is 16.8 Å². The van der Waals surface area contributed by atoms with Gasteiger partial charge in [0.05, 0.1) is 12.1 Å². The zero-order valence-electron chi connectivity index (χ0n) is 16.9. The molecule has 1 amide bonds. The van der Waals surface area contributed by atoms with Crippen LogP contribution in [-0.4, -0.2) is 18.5 Å². The fraction of sp³-hybridized carbons (Fsp3) is 0.0400. The largest absolute Gasteiger partial charge is 0.427 e. The van der Waals surface area contributed by atoms with Crippen LogP contribution in [0.2, 0.25) is 0 Å². The van der Waals surface area contributed by atoms with Gasteiger partial charge in [-0.3, -0.25) is 9.59 Å². The van der Waals surface area contributed by atoms with Gasteiger partial charge in [-0.05, 0) is 36.0 Å². The number of allylic oxidation sites excluding steroid dienone is 2. The number of hydrogen-bond donors (Lipinski definition) is 3. The second-order valence-electron chi connectivity index (χ2n) is 7.36. The van der Waals surface area contributed by atoms with Crippen molar-refractivity contribution in [3.63, 3.8) is 0 Å². The van der Waals surface area contributed by atoms with Gasteiger partial charge in [-0.25, -0.2) is 0 Å². The summed E-state index contributed by atoms with van der Waals surface area (Å²) in [6.07, 6.45) is 6.07. The second kappa shape index (κ2) is 9.18. The van der Waals surface area contributed by atoms with Gasteiger partial charge in [-0.2, -0.15) is 0 Å². The van der Waals surface area contributed by atoms with E-state index in [0.717, 1.165) is 11.0 Å². The molecular weight excluding hydrogens is 385 g/mol. The number of nitrogens with one attached hydrogen (secondary N) is 2. The summed E-state index contributed by atoms with van der Waals surface area (Å²) in [7, 11) is 0. The number of benzene rings is 3. The molecule has 0 atom stereocenters. The zero-order chi connectivity index (χ0) is 21.6. The summed E-state index contributed by atoms with van der Waals surface area (Å²) in [5.41, 5.74) is 9.74. The minimum atomic E-state index is -0.196. The Balaban J connectivity index is 1.47. The van der Waals surface area contributed by atoms with Gasteiger partial charge >= 0.3 is 6.85 Å². The number of hydrogen-bond acceptors (Lipinski definition) is 4. The van der Waals surface area contributed by atoms with E-state index in [1.165, 1.54) is 0 Å². The van der Waals surface area contributed by atoms with E-state index in [1.807, 2.05) is 48.7 Å². The molecule has 0 saturated heterocycles. The first-order chi connectivity index (χ1) is 15.1. The van der Waals surface area contributed by atoms with E-state index in [-0.39, 0.29) is 25.0 Å². The van der Waals surface area contributed by atoms with Crippen LogP contribution in [0.5, 0.6) is 0 Å². The normalized spacial score (nSPS) is 12.3. The van der Waals surface area contributed by atoms with Crippen molar-refractivity contribution in [2.75, 3.05) is 11.1 Å². The van der Waals surface area contributed by atoms with Gasteiger partial charge in [0.25, 0.3) is 0 Å². The molecule has 3 aromatic rings. The first-order valence-corrected chi connectivity index (χ1v) is 10.1. The first kappa shape index (κ1) is 20.2. The Morgan fingerprint density at radius 2 is 1.71 bits per heavy atom. The summed E-state index contributed by atoms with van der Waals surface area (Å²) in [6.45, 7) is 0.134. The molecule has 0 saturated carbocycles. The Morgan fingerprint density at radius 3 is 2.42 bits per heavy atom.